The molecule has 0 saturated carbocycles. The maximum atomic E-state index is 12.4. The van der Waals surface area contributed by atoms with Crippen molar-refractivity contribution in [2.45, 2.75) is 19.3 Å². The molecule has 0 aliphatic rings. The summed E-state index contributed by atoms with van der Waals surface area (Å²) in [7, 11) is 0. The lowest BCUT2D eigenvalue weighted by Crippen LogP contribution is -2.18. The molecule has 2 amide bonds. The molecule has 1 aromatic heterocycles. The second-order valence-corrected chi connectivity index (χ2v) is 6.62. The van der Waals surface area contributed by atoms with Crippen LogP contribution in [0.25, 0.3) is 0 Å². The zero-order valence-corrected chi connectivity index (χ0v) is 15.0. The molecule has 3 rings (SSSR count). The molecule has 26 heavy (non-hydrogen) atoms. The fraction of sp³-hybridized carbons (Fsp3) is 0.150. The van der Waals surface area contributed by atoms with Gasteiger partial charge in [-0.05, 0) is 30.5 Å². The lowest BCUT2D eigenvalue weighted by molar-refractivity contribution is -0.116. The monoisotopic (exact) mass is 365 g/mol. The van der Waals surface area contributed by atoms with Crippen LogP contribution in [-0.2, 0) is 11.2 Å². The molecule has 2 aromatic carbocycles. The van der Waals surface area contributed by atoms with Crippen molar-refractivity contribution in [1.82, 2.24) is 4.98 Å². The van der Waals surface area contributed by atoms with Gasteiger partial charge < -0.3 is 5.32 Å². The zero-order chi connectivity index (χ0) is 18.2. The Labute approximate surface area is 156 Å². The van der Waals surface area contributed by atoms with Gasteiger partial charge in [-0.3, -0.25) is 14.9 Å². The number of amides is 2. The summed E-state index contributed by atoms with van der Waals surface area (Å²) in [5.74, 6) is -0.393. The van der Waals surface area contributed by atoms with E-state index in [0.29, 0.717) is 22.8 Å². The van der Waals surface area contributed by atoms with Crippen LogP contribution >= 0.6 is 11.3 Å². The number of hydrogen-bond donors (Lipinski definition) is 2. The minimum atomic E-state index is -0.292. The molecule has 1 heterocycles. The van der Waals surface area contributed by atoms with E-state index in [0.717, 1.165) is 12.8 Å². The largest absolute Gasteiger partial charge is 0.325 e. The van der Waals surface area contributed by atoms with E-state index in [-0.39, 0.29) is 11.8 Å². The third kappa shape index (κ3) is 5.00. The van der Waals surface area contributed by atoms with E-state index in [1.165, 1.54) is 16.9 Å². The summed E-state index contributed by atoms with van der Waals surface area (Å²) in [5.41, 5.74) is 2.13. The van der Waals surface area contributed by atoms with Crippen LogP contribution in [0.2, 0.25) is 0 Å². The molecular formula is C20H19N3O2S. The van der Waals surface area contributed by atoms with Gasteiger partial charge in [0.2, 0.25) is 5.91 Å². The van der Waals surface area contributed by atoms with E-state index < -0.39 is 0 Å². The first-order valence-corrected chi connectivity index (χ1v) is 9.24. The first-order chi connectivity index (χ1) is 12.7. The topological polar surface area (TPSA) is 71.1 Å². The predicted molar refractivity (Wildman–Crippen MR) is 105 cm³/mol. The van der Waals surface area contributed by atoms with E-state index in [1.54, 1.807) is 35.8 Å². The third-order valence-corrected chi connectivity index (χ3v) is 4.50. The number of rotatable bonds is 7. The van der Waals surface area contributed by atoms with Crippen LogP contribution in [-0.4, -0.2) is 16.8 Å². The number of para-hydroxylation sites is 1. The van der Waals surface area contributed by atoms with Crippen molar-refractivity contribution >= 4 is 34.0 Å². The highest BCUT2D eigenvalue weighted by Gasteiger charge is 2.14. The molecule has 0 radical (unpaired) electrons. The van der Waals surface area contributed by atoms with Crippen molar-refractivity contribution in [3.8, 4) is 0 Å². The van der Waals surface area contributed by atoms with Crippen LogP contribution in [0.4, 0.5) is 10.8 Å². The molecule has 0 atom stereocenters. The highest BCUT2D eigenvalue weighted by atomic mass is 32.1. The SMILES string of the molecule is O=C(CCCc1ccccc1)Nc1ccccc1C(=O)Nc1nccs1. The molecule has 0 bridgehead atoms. The number of aromatic nitrogens is 1. The normalized spacial score (nSPS) is 10.3. The summed E-state index contributed by atoms with van der Waals surface area (Å²) in [4.78, 5) is 28.7. The van der Waals surface area contributed by atoms with Gasteiger partial charge >= 0.3 is 0 Å². The Morgan fingerprint density at radius 3 is 2.50 bits per heavy atom. The van der Waals surface area contributed by atoms with Gasteiger partial charge in [0.1, 0.15) is 0 Å². The Bertz CT molecular complexity index is 864. The average molecular weight is 365 g/mol. The number of nitrogens with zero attached hydrogens (tertiary/aromatic N) is 1. The molecule has 0 aliphatic heterocycles. The van der Waals surface area contributed by atoms with E-state index in [9.17, 15) is 9.59 Å². The lowest BCUT2D eigenvalue weighted by atomic mass is 10.1. The number of benzene rings is 2. The van der Waals surface area contributed by atoms with Crippen molar-refractivity contribution in [1.29, 1.82) is 0 Å². The summed E-state index contributed by atoms with van der Waals surface area (Å²) < 4.78 is 0. The van der Waals surface area contributed by atoms with Crippen molar-refractivity contribution in [2.24, 2.45) is 0 Å². The van der Waals surface area contributed by atoms with Crippen LogP contribution < -0.4 is 10.6 Å². The number of carbonyl (C=O) groups is 2. The number of anilines is 2. The maximum Gasteiger partial charge on any atom is 0.259 e. The minimum absolute atomic E-state index is 0.101. The summed E-state index contributed by atoms with van der Waals surface area (Å²) in [6.07, 6.45) is 3.63. The summed E-state index contributed by atoms with van der Waals surface area (Å²) in [6, 6.07) is 17.0. The number of aryl methyl sites for hydroxylation is 1. The van der Waals surface area contributed by atoms with Crippen molar-refractivity contribution in [3.63, 3.8) is 0 Å². The Hall–Kier alpha value is -2.99. The zero-order valence-electron chi connectivity index (χ0n) is 14.1. The van der Waals surface area contributed by atoms with E-state index in [4.69, 9.17) is 0 Å². The van der Waals surface area contributed by atoms with E-state index in [2.05, 4.69) is 27.8 Å². The Morgan fingerprint density at radius 1 is 0.962 bits per heavy atom. The van der Waals surface area contributed by atoms with Crippen molar-refractivity contribution in [2.75, 3.05) is 10.6 Å². The summed E-state index contributed by atoms with van der Waals surface area (Å²) >= 11 is 1.34. The smallest absolute Gasteiger partial charge is 0.259 e. The molecule has 0 unspecified atom stereocenters. The summed E-state index contributed by atoms with van der Waals surface area (Å²) in [5, 5.41) is 7.89. The molecular weight excluding hydrogens is 346 g/mol. The van der Waals surface area contributed by atoms with Crippen LogP contribution in [0.1, 0.15) is 28.8 Å². The first-order valence-electron chi connectivity index (χ1n) is 8.36. The van der Waals surface area contributed by atoms with Gasteiger partial charge in [-0.2, -0.15) is 0 Å². The van der Waals surface area contributed by atoms with Crippen LogP contribution in [0.3, 0.4) is 0 Å². The lowest BCUT2D eigenvalue weighted by Gasteiger charge is -2.10. The van der Waals surface area contributed by atoms with Crippen molar-refractivity contribution < 1.29 is 9.59 Å². The minimum Gasteiger partial charge on any atom is -0.325 e. The number of nitrogens with one attached hydrogen (secondary N) is 2. The van der Waals surface area contributed by atoms with E-state index in [1.807, 2.05) is 18.2 Å². The predicted octanol–water partition coefficient (Wildman–Crippen LogP) is 4.36. The molecule has 2 N–H and O–H groups in total. The Balaban J connectivity index is 1.57. The highest BCUT2D eigenvalue weighted by molar-refractivity contribution is 7.13. The molecule has 5 nitrogen and oxygen atoms in total. The van der Waals surface area contributed by atoms with Crippen LogP contribution in [0.5, 0.6) is 0 Å². The van der Waals surface area contributed by atoms with Crippen LogP contribution in [0, 0.1) is 0 Å². The molecule has 0 saturated heterocycles. The maximum absolute atomic E-state index is 12.4. The molecule has 0 aliphatic carbocycles. The fourth-order valence-corrected chi connectivity index (χ4v) is 3.07. The second-order valence-electron chi connectivity index (χ2n) is 5.72. The molecule has 3 aromatic rings. The molecule has 0 spiro atoms. The van der Waals surface area contributed by atoms with Crippen molar-refractivity contribution in [3.05, 3.63) is 77.3 Å². The van der Waals surface area contributed by atoms with Gasteiger partial charge in [-0.15, -0.1) is 11.3 Å². The standard InChI is InChI=1S/C20H19N3O2S/c24-18(12-6-9-15-7-2-1-3-8-15)22-17-11-5-4-10-16(17)19(25)23-20-21-13-14-26-20/h1-5,7-8,10-11,13-14H,6,9,12H2,(H,22,24)(H,21,23,25). The van der Waals surface area contributed by atoms with Gasteiger partial charge in [0.25, 0.3) is 5.91 Å². The number of hydrogen-bond acceptors (Lipinski definition) is 4. The Morgan fingerprint density at radius 2 is 1.73 bits per heavy atom. The fourth-order valence-electron chi connectivity index (χ4n) is 2.55. The van der Waals surface area contributed by atoms with Gasteiger partial charge in [-0.1, -0.05) is 42.5 Å². The number of carbonyl (C=O) groups excluding carboxylic acids is 2. The quantitative estimate of drug-likeness (QED) is 0.654. The number of thiazole rings is 1. The van der Waals surface area contributed by atoms with Gasteiger partial charge in [0.05, 0.1) is 11.3 Å². The second kappa shape index (κ2) is 8.92. The first kappa shape index (κ1) is 17.8. The van der Waals surface area contributed by atoms with Crippen LogP contribution in [0.15, 0.2) is 66.2 Å². The van der Waals surface area contributed by atoms with Gasteiger partial charge in [-0.25, -0.2) is 4.98 Å². The van der Waals surface area contributed by atoms with Gasteiger partial charge in [0, 0.05) is 18.0 Å². The average Bonchev–Trinajstić information content (AvgIpc) is 3.16. The highest BCUT2D eigenvalue weighted by Crippen LogP contribution is 2.19. The summed E-state index contributed by atoms with van der Waals surface area (Å²) in [6.45, 7) is 0. The van der Waals surface area contributed by atoms with Gasteiger partial charge in [0.15, 0.2) is 5.13 Å². The molecule has 6 heteroatoms. The van der Waals surface area contributed by atoms with E-state index >= 15 is 0 Å². The molecule has 132 valence electrons. The Kier molecular flexibility index (Phi) is 6.11. The third-order valence-electron chi connectivity index (χ3n) is 3.81. The molecule has 0 fully saturated rings.